The van der Waals surface area contributed by atoms with Gasteiger partial charge in [-0.1, -0.05) is 11.6 Å². The summed E-state index contributed by atoms with van der Waals surface area (Å²) in [5, 5.41) is 3.61. The van der Waals surface area contributed by atoms with Gasteiger partial charge in [0.15, 0.2) is 5.58 Å². The Bertz CT molecular complexity index is 590. The number of halogens is 2. The van der Waals surface area contributed by atoms with E-state index >= 15 is 0 Å². The zero-order valence-corrected chi connectivity index (χ0v) is 10.9. The summed E-state index contributed by atoms with van der Waals surface area (Å²) < 4.78 is 19.0. The van der Waals surface area contributed by atoms with E-state index in [4.69, 9.17) is 16.0 Å². The quantitative estimate of drug-likeness (QED) is 0.863. The molecule has 0 radical (unpaired) electrons. The molecule has 1 unspecified atom stereocenters. The zero-order chi connectivity index (χ0) is 12.8. The van der Waals surface area contributed by atoms with Crippen LogP contribution in [0.2, 0.25) is 5.02 Å². The minimum Gasteiger partial charge on any atom is -0.438 e. The van der Waals surface area contributed by atoms with Gasteiger partial charge in [0, 0.05) is 12.6 Å². The molecule has 5 heteroatoms. The van der Waals surface area contributed by atoms with Gasteiger partial charge >= 0.3 is 0 Å². The van der Waals surface area contributed by atoms with E-state index in [1.807, 2.05) is 0 Å². The van der Waals surface area contributed by atoms with Gasteiger partial charge in [0.05, 0.1) is 10.4 Å². The van der Waals surface area contributed by atoms with Crippen molar-refractivity contribution in [2.75, 3.05) is 13.1 Å². The van der Waals surface area contributed by atoms with Crippen LogP contribution in [0.25, 0.3) is 11.1 Å². The van der Waals surface area contributed by atoms with Gasteiger partial charge in [-0.05, 0) is 32.4 Å². The van der Waals surface area contributed by atoms with Crippen molar-refractivity contribution in [2.45, 2.75) is 25.2 Å². The van der Waals surface area contributed by atoms with Crippen LogP contribution in [0, 0.1) is 5.82 Å². The number of rotatable bonds is 1. The normalized spacial score (nSPS) is 24.6. The van der Waals surface area contributed by atoms with Crippen molar-refractivity contribution in [1.82, 2.24) is 10.3 Å². The Kier molecular flexibility index (Phi) is 2.79. The van der Waals surface area contributed by atoms with Gasteiger partial charge in [0.25, 0.3) is 0 Å². The summed E-state index contributed by atoms with van der Waals surface area (Å²) in [5.74, 6) is 0.247. The van der Waals surface area contributed by atoms with Gasteiger partial charge in [-0.2, -0.15) is 0 Å². The second-order valence-corrected chi connectivity index (χ2v) is 5.50. The van der Waals surface area contributed by atoms with Crippen molar-refractivity contribution in [3.63, 3.8) is 0 Å². The van der Waals surface area contributed by atoms with Crippen LogP contribution in [-0.2, 0) is 5.41 Å². The van der Waals surface area contributed by atoms with Crippen LogP contribution in [0.5, 0.6) is 0 Å². The van der Waals surface area contributed by atoms with E-state index in [0.29, 0.717) is 17.0 Å². The number of aromatic nitrogens is 1. The first-order valence-corrected chi connectivity index (χ1v) is 6.43. The van der Waals surface area contributed by atoms with Crippen molar-refractivity contribution in [3.05, 3.63) is 28.9 Å². The number of nitrogens with zero attached hydrogens (tertiary/aromatic N) is 1. The smallest absolute Gasteiger partial charge is 0.202 e. The van der Waals surface area contributed by atoms with Gasteiger partial charge in [-0.25, -0.2) is 9.37 Å². The minimum atomic E-state index is -0.390. The third-order valence-corrected chi connectivity index (χ3v) is 3.80. The largest absolute Gasteiger partial charge is 0.438 e. The highest BCUT2D eigenvalue weighted by atomic mass is 35.5. The van der Waals surface area contributed by atoms with Crippen molar-refractivity contribution < 1.29 is 8.81 Å². The molecule has 0 saturated carbocycles. The average Bonchev–Trinajstić information content (AvgIpc) is 2.74. The van der Waals surface area contributed by atoms with E-state index in [9.17, 15) is 4.39 Å². The van der Waals surface area contributed by atoms with E-state index in [2.05, 4.69) is 17.2 Å². The fourth-order valence-corrected chi connectivity index (χ4v) is 2.70. The summed E-state index contributed by atoms with van der Waals surface area (Å²) in [6.07, 6.45) is 2.09. The molecular weight excluding hydrogens is 255 g/mol. The van der Waals surface area contributed by atoms with Gasteiger partial charge in [-0.15, -0.1) is 0 Å². The molecule has 0 amide bonds. The average molecular weight is 269 g/mol. The fourth-order valence-electron chi connectivity index (χ4n) is 2.46. The maximum Gasteiger partial charge on any atom is 0.202 e. The molecule has 3 rings (SSSR count). The highest BCUT2D eigenvalue weighted by Crippen LogP contribution is 2.34. The molecule has 1 atom stereocenters. The number of hydrogen-bond donors (Lipinski definition) is 1. The molecule has 1 aliphatic rings. The second kappa shape index (κ2) is 4.21. The molecule has 1 aromatic carbocycles. The van der Waals surface area contributed by atoms with E-state index in [1.54, 1.807) is 0 Å². The monoisotopic (exact) mass is 268 g/mol. The first kappa shape index (κ1) is 11.9. The van der Waals surface area contributed by atoms with Gasteiger partial charge < -0.3 is 9.73 Å². The minimum absolute atomic E-state index is 0.142. The highest BCUT2D eigenvalue weighted by Gasteiger charge is 2.34. The summed E-state index contributed by atoms with van der Waals surface area (Å²) in [7, 11) is 0. The molecule has 0 bridgehead atoms. The number of fused-ring (bicyclic) bond motifs is 1. The summed E-state index contributed by atoms with van der Waals surface area (Å²) in [4.78, 5) is 4.40. The standard InChI is InChI=1S/C13H14ClFN2O/c1-13(3-2-4-16-7-13)12-17-10-6-8(15)5-9(14)11(10)18-12/h5-6,16H,2-4,7H2,1H3. The molecule has 1 saturated heterocycles. The lowest BCUT2D eigenvalue weighted by molar-refractivity contribution is 0.279. The van der Waals surface area contributed by atoms with Crippen molar-refractivity contribution in [2.24, 2.45) is 0 Å². The second-order valence-electron chi connectivity index (χ2n) is 5.10. The van der Waals surface area contributed by atoms with E-state index in [0.717, 1.165) is 25.9 Å². The lowest BCUT2D eigenvalue weighted by Gasteiger charge is -2.30. The lowest BCUT2D eigenvalue weighted by atomic mass is 9.83. The van der Waals surface area contributed by atoms with Crippen LogP contribution in [0.1, 0.15) is 25.7 Å². The van der Waals surface area contributed by atoms with E-state index in [-0.39, 0.29) is 16.3 Å². The summed E-state index contributed by atoms with van der Waals surface area (Å²) in [5.41, 5.74) is 0.818. The Morgan fingerprint density at radius 2 is 2.33 bits per heavy atom. The number of hydrogen-bond acceptors (Lipinski definition) is 3. The van der Waals surface area contributed by atoms with Crippen LogP contribution in [0.4, 0.5) is 4.39 Å². The molecular formula is C13H14ClFN2O. The lowest BCUT2D eigenvalue weighted by Crippen LogP contribution is -2.41. The SMILES string of the molecule is CC1(c2nc3cc(F)cc(Cl)c3o2)CCCNC1. The number of benzene rings is 1. The van der Waals surface area contributed by atoms with E-state index < -0.39 is 0 Å². The molecule has 3 nitrogen and oxygen atoms in total. The molecule has 2 aromatic rings. The third kappa shape index (κ3) is 1.89. The Balaban J connectivity index is 2.10. The Labute approximate surface area is 109 Å². The molecule has 1 aromatic heterocycles. The van der Waals surface area contributed by atoms with Gasteiger partial charge in [0.2, 0.25) is 5.89 Å². The maximum absolute atomic E-state index is 13.3. The molecule has 1 N–H and O–H groups in total. The summed E-state index contributed by atoms with van der Waals surface area (Å²) >= 11 is 5.97. The van der Waals surface area contributed by atoms with Crippen LogP contribution >= 0.6 is 11.6 Å². The topological polar surface area (TPSA) is 38.1 Å². The van der Waals surface area contributed by atoms with Gasteiger partial charge in [0.1, 0.15) is 11.3 Å². The van der Waals surface area contributed by atoms with Crippen LogP contribution in [0.15, 0.2) is 16.5 Å². The molecule has 0 aliphatic carbocycles. The fraction of sp³-hybridized carbons (Fsp3) is 0.462. The van der Waals surface area contributed by atoms with Crippen molar-refractivity contribution in [1.29, 1.82) is 0 Å². The molecule has 0 spiro atoms. The number of nitrogens with one attached hydrogen (secondary N) is 1. The van der Waals surface area contributed by atoms with E-state index in [1.165, 1.54) is 12.1 Å². The zero-order valence-electron chi connectivity index (χ0n) is 10.1. The predicted octanol–water partition coefficient (Wildman–Crippen LogP) is 3.26. The molecule has 1 fully saturated rings. The molecule has 96 valence electrons. The van der Waals surface area contributed by atoms with Crippen molar-refractivity contribution in [3.8, 4) is 0 Å². The van der Waals surface area contributed by atoms with Crippen molar-refractivity contribution >= 4 is 22.7 Å². The number of piperidine rings is 1. The molecule has 1 aliphatic heterocycles. The maximum atomic E-state index is 13.3. The van der Waals surface area contributed by atoms with Crippen LogP contribution < -0.4 is 5.32 Å². The number of oxazole rings is 1. The van der Waals surface area contributed by atoms with Crippen LogP contribution in [0.3, 0.4) is 0 Å². The van der Waals surface area contributed by atoms with Crippen LogP contribution in [-0.4, -0.2) is 18.1 Å². The first-order chi connectivity index (χ1) is 8.58. The predicted molar refractivity (Wildman–Crippen MR) is 68.4 cm³/mol. The summed E-state index contributed by atoms with van der Waals surface area (Å²) in [6.45, 7) is 3.94. The Hall–Kier alpha value is -1.13. The third-order valence-electron chi connectivity index (χ3n) is 3.52. The Morgan fingerprint density at radius 3 is 3.06 bits per heavy atom. The highest BCUT2D eigenvalue weighted by molar-refractivity contribution is 6.34. The summed E-state index contributed by atoms with van der Waals surface area (Å²) in [6, 6.07) is 2.61. The molecule has 18 heavy (non-hydrogen) atoms. The van der Waals surface area contributed by atoms with Gasteiger partial charge in [-0.3, -0.25) is 0 Å². The first-order valence-electron chi connectivity index (χ1n) is 6.05. The Morgan fingerprint density at radius 1 is 1.50 bits per heavy atom. The molecule has 2 heterocycles.